The number of para-hydroxylation sites is 3. The molecule has 6 heteroatoms. The lowest BCUT2D eigenvalue weighted by atomic mass is 9.99. The van der Waals surface area contributed by atoms with Crippen molar-refractivity contribution < 1.29 is 8.83 Å². The Morgan fingerprint density at radius 1 is 0.441 bits per heavy atom. The summed E-state index contributed by atoms with van der Waals surface area (Å²) in [7, 11) is 0. The van der Waals surface area contributed by atoms with E-state index in [4.69, 9.17) is 18.8 Å². The number of aromatic nitrogens is 1. The van der Waals surface area contributed by atoms with Gasteiger partial charge in [-0.25, -0.2) is 9.98 Å². The number of hydrogen-bond donors (Lipinski definition) is 1. The minimum Gasteiger partial charge on any atom is -0.456 e. The van der Waals surface area contributed by atoms with Crippen LogP contribution in [0, 0.1) is 0 Å². The number of benzene rings is 9. The first-order valence-electron chi connectivity index (χ1n) is 19.9. The highest BCUT2D eigenvalue weighted by Gasteiger charge is 2.29. The third-order valence-electron chi connectivity index (χ3n) is 12.0. The second kappa shape index (κ2) is 12.3. The molecular formula is C53H32N4O2. The molecule has 3 aromatic heterocycles. The second-order valence-electron chi connectivity index (χ2n) is 15.3. The number of rotatable bonds is 4. The van der Waals surface area contributed by atoms with E-state index < -0.39 is 6.17 Å². The van der Waals surface area contributed by atoms with Gasteiger partial charge in [0.05, 0.1) is 22.1 Å². The van der Waals surface area contributed by atoms with Crippen LogP contribution in [-0.4, -0.2) is 16.2 Å². The summed E-state index contributed by atoms with van der Waals surface area (Å²) >= 11 is 0. The summed E-state index contributed by atoms with van der Waals surface area (Å²) in [6, 6.07) is 63.8. The Morgan fingerprint density at radius 3 is 1.86 bits per heavy atom. The fourth-order valence-electron chi connectivity index (χ4n) is 9.43. The van der Waals surface area contributed by atoms with E-state index in [9.17, 15) is 0 Å². The highest BCUT2D eigenvalue weighted by Crippen LogP contribution is 2.42. The van der Waals surface area contributed by atoms with Gasteiger partial charge in [0.1, 0.15) is 34.3 Å². The molecule has 9 aromatic carbocycles. The average Bonchev–Trinajstić information content (AvgIpc) is 3.97. The summed E-state index contributed by atoms with van der Waals surface area (Å²) in [5.41, 5.74) is 9.38. The summed E-state index contributed by atoms with van der Waals surface area (Å²) in [4.78, 5) is 11.0. The lowest BCUT2D eigenvalue weighted by molar-refractivity contribution is 0.668. The number of fused-ring (bicyclic) bond motifs is 11. The van der Waals surface area contributed by atoms with Gasteiger partial charge >= 0.3 is 0 Å². The minimum absolute atomic E-state index is 0.455. The Bertz CT molecular complexity index is 3780. The Kier molecular flexibility index (Phi) is 6.69. The van der Waals surface area contributed by atoms with Gasteiger partial charge in [0, 0.05) is 43.6 Å². The van der Waals surface area contributed by atoms with Crippen molar-refractivity contribution in [1.82, 2.24) is 9.88 Å². The van der Waals surface area contributed by atoms with Gasteiger partial charge in [0.15, 0.2) is 5.84 Å². The van der Waals surface area contributed by atoms with Crippen LogP contribution in [0.4, 0.5) is 0 Å². The molecule has 0 bridgehead atoms. The molecule has 0 spiro atoms. The molecular weight excluding hydrogens is 725 g/mol. The van der Waals surface area contributed by atoms with E-state index in [0.717, 1.165) is 88.1 Å². The van der Waals surface area contributed by atoms with Gasteiger partial charge in [-0.3, -0.25) is 0 Å². The zero-order valence-corrected chi connectivity index (χ0v) is 31.6. The van der Waals surface area contributed by atoms with E-state index in [-0.39, 0.29) is 0 Å². The van der Waals surface area contributed by atoms with Crippen molar-refractivity contribution in [2.75, 3.05) is 0 Å². The van der Waals surface area contributed by atoms with Crippen LogP contribution < -0.4 is 5.32 Å². The maximum atomic E-state index is 6.63. The predicted molar refractivity (Wildman–Crippen MR) is 242 cm³/mol. The minimum atomic E-state index is -0.455. The molecule has 0 saturated carbocycles. The molecule has 4 heterocycles. The Labute approximate surface area is 336 Å². The van der Waals surface area contributed by atoms with Crippen LogP contribution in [0.5, 0.6) is 0 Å². The normalized spacial score (nSPS) is 14.6. The van der Waals surface area contributed by atoms with E-state index in [0.29, 0.717) is 11.7 Å². The molecule has 0 aliphatic carbocycles. The zero-order valence-electron chi connectivity index (χ0n) is 31.6. The lowest BCUT2D eigenvalue weighted by Crippen LogP contribution is -2.34. The van der Waals surface area contributed by atoms with Crippen LogP contribution in [-0.2, 0) is 0 Å². The first-order chi connectivity index (χ1) is 29.2. The molecule has 6 nitrogen and oxygen atoms in total. The molecule has 1 N–H and O–H groups in total. The van der Waals surface area contributed by atoms with Crippen LogP contribution >= 0.6 is 0 Å². The smallest absolute Gasteiger partial charge is 0.160 e. The summed E-state index contributed by atoms with van der Waals surface area (Å²) in [6.07, 6.45) is -0.455. The van der Waals surface area contributed by atoms with Gasteiger partial charge in [0.2, 0.25) is 0 Å². The zero-order chi connectivity index (χ0) is 38.6. The molecule has 0 saturated heterocycles. The molecule has 0 radical (unpaired) electrons. The van der Waals surface area contributed by atoms with Gasteiger partial charge in [-0.15, -0.1) is 0 Å². The molecule has 1 aliphatic rings. The number of aliphatic imine (C=N–C) groups is 2. The van der Waals surface area contributed by atoms with Crippen LogP contribution in [0.25, 0.3) is 92.9 Å². The molecule has 0 amide bonds. The van der Waals surface area contributed by atoms with Gasteiger partial charge in [-0.1, -0.05) is 133 Å². The second-order valence-corrected chi connectivity index (χ2v) is 15.3. The van der Waals surface area contributed by atoms with Crippen LogP contribution in [0.3, 0.4) is 0 Å². The van der Waals surface area contributed by atoms with E-state index >= 15 is 0 Å². The molecule has 1 aliphatic heterocycles. The van der Waals surface area contributed by atoms with Gasteiger partial charge < -0.3 is 18.7 Å². The van der Waals surface area contributed by atoms with Crippen molar-refractivity contribution >= 4 is 98.9 Å². The van der Waals surface area contributed by atoms with Crippen LogP contribution in [0.2, 0.25) is 0 Å². The molecule has 276 valence electrons. The molecule has 1 unspecified atom stereocenters. The molecule has 13 rings (SSSR count). The third-order valence-corrected chi connectivity index (χ3v) is 12.0. The molecule has 12 aromatic rings. The first kappa shape index (κ1) is 32.2. The van der Waals surface area contributed by atoms with Gasteiger partial charge in [-0.05, 0) is 70.1 Å². The number of furan rings is 2. The first-order valence-corrected chi connectivity index (χ1v) is 19.9. The SMILES string of the molecule is c1ccc2cc3c(cc2c1)c1ccccc1n3-c1c(C2=NC(c3cccc4oc5ccccc5c34)=NC(c3cccc4ccccc34)N2)ccc2oc3ccccc3c12. The van der Waals surface area contributed by atoms with E-state index in [1.54, 1.807) is 0 Å². The number of nitrogens with one attached hydrogen (secondary N) is 1. The van der Waals surface area contributed by atoms with E-state index in [2.05, 4.69) is 155 Å². The van der Waals surface area contributed by atoms with E-state index in [1.165, 1.54) is 21.5 Å². The van der Waals surface area contributed by atoms with Crippen molar-refractivity contribution in [3.8, 4) is 5.69 Å². The summed E-state index contributed by atoms with van der Waals surface area (Å²) in [5, 5.41) is 15.0. The Balaban J connectivity index is 1.15. The molecule has 59 heavy (non-hydrogen) atoms. The Hall–Kier alpha value is -7.96. The number of amidine groups is 2. The van der Waals surface area contributed by atoms with Gasteiger partial charge in [0.25, 0.3) is 0 Å². The van der Waals surface area contributed by atoms with Crippen LogP contribution in [0.15, 0.2) is 201 Å². The van der Waals surface area contributed by atoms with Crippen molar-refractivity contribution in [3.05, 3.63) is 199 Å². The maximum absolute atomic E-state index is 6.63. The molecule has 1 atom stereocenters. The van der Waals surface area contributed by atoms with Crippen molar-refractivity contribution in [1.29, 1.82) is 0 Å². The fourth-order valence-corrected chi connectivity index (χ4v) is 9.43. The van der Waals surface area contributed by atoms with Crippen molar-refractivity contribution in [3.63, 3.8) is 0 Å². The fraction of sp³-hybridized carbons (Fsp3) is 0.0189. The largest absolute Gasteiger partial charge is 0.456 e. The van der Waals surface area contributed by atoms with Crippen LogP contribution in [0.1, 0.15) is 22.9 Å². The number of nitrogens with zero attached hydrogens (tertiary/aromatic N) is 3. The maximum Gasteiger partial charge on any atom is 0.160 e. The van der Waals surface area contributed by atoms with Crippen molar-refractivity contribution in [2.24, 2.45) is 9.98 Å². The summed E-state index contributed by atoms with van der Waals surface area (Å²) in [6.45, 7) is 0. The van der Waals surface area contributed by atoms with Gasteiger partial charge in [-0.2, -0.15) is 0 Å². The predicted octanol–water partition coefficient (Wildman–Crippen LogP) is 13.4. The average molecular weight is 757 g/mol. The summed E-state index contributed by atoms with van der Waals surface area (Å²) in [5.74, 6) is 1.34. The topological polar surface area (TPSA) is 68.0 Å². The monoisotopic (exact) mass is 756 g/mol. The summed E-state index contributed by atoms with van der Waals surface area (Å²) < 4.78 is 15.4. The third kappa shape index (κ3) is 4.74. The Morgan fingerprint density at radius 2 is 1.05 bits per heavy atom. The highest BCUT2D eigenvalue weighted by atomic mass is 16.3. The number of hydrogen-bond acceptors (Lipinski definition) is 5. The van der Waals surface area contributed by atoms with E-state index in [1.807, 2.05) is 36.4 Å². The highest BCUT2D eigenvalue weighted by molar-refractivity contribution is 6.25. The molecule has 0 fully saturated rings. The lowest BCUT2D eigenvalue weighted by Gasteiger charge is -2.26. The quantitative estimate of drug-likeness (QED) is 0.194. The standard InChI is InChI=1S/C53H32N4O2/c1-2-15-33-30-43-41(29-32(33)14-1)35-18-5-8-23-42(35)57(43)50-40(27-28-47-49(50)38-20-7-10-25-45(38)59-47)53-55-51(36-21-11-16-31-13-3-4-17-34(31)36)54-52(56-53)39-22-12-26-46-48(39)37-19-6-9-24-44(37)58-46/h1-30,51H,(H,54,55,56). The van der Waals surface area contributed by atoms with Crippen molar-refractivity contribution in [2.45, 2.75) is 6.17 Å².